The smallest absolute Gasteiger partial charge is 0.257 e. The van der Waals surface area contributed by atoms with Gasteiger partial charge in [0.15, 0.2) is 0 Å². The lowest BCUT2D eigenvalue weighted by Crippen LogP contribution is -2.35. The molecule has 0 radical (unpaired) electrons. The number of ether oxygens (including phenoxy) is 1. The van der Waals surface area contributed by atoms with Crippen molar-refractivity contribution in [2.24, 2.45) is 0 Å². The fourth-order valence-electron chi connectivity index (χ4n) is 3.21. The number of hydrogen-bond donors (Lipinski definition) is 2. The van der Waals surface area contributed by atoms with Crippen LogP contribution in [0.4, 0.5) is 0 Å². The van der Waals surface area contributed by atoms with Crippen LogP contribution in [0.3, 0.4) is 0 Å². The Bertz CT molecular complexity index is 1110. The van der Waals surface area contributed by atoms with Crippen LogP contribution < -0.4 is 15.6 Å². The molecule has 8 heteroatoms. The number of benzene rings is 2. The molecule has 162 valence electrons. The Morgan fingerprint density at radius 2 is 1.84 bits per heavy atom. The van der Waals surface area contributed by atoms with Crippen molar-refractivity contribution in [3.63, 3.8) is 0 Å². The van der Waals surface area contributed by atoms with E-state index in [1.54, 1.807) is 38.3 Å². The summed E-state index contributed by atoms with van der Waals surface area (Å²) in [5.41, 5.74) is 2.15. The zero-order chi connectivity index (χ0) is 22.4. The van der Waals surface area contributed by atoms with Crippen molar-refractivity contribution in [3.8, 4) is 17.1 Å². The molecule has 0 aliphatic rings. The normalized spacial score (nSPS) is 10.7. The van der Waals surface area contributed by atoms with Gasteiger partial charge in [0.2, 0.25) is 5.91 Å². The molecule has 1 aromatic heterocycles. The summed E-state index contributed by atoms with van der Waals surface area (Å²) in [6.07, 6.45) is 0.173. The zero-order valence-electron chi connectivity index (χ0n) is 17.4. The Kier molecular flexibility index (Phi) is 7.44. The molecule has 0 saturated carbocycles. The lowest BCUT2D eigenvalue weighted by Gasteiger charge is -2.16. The maximum Gasteiger partial charge on any atom is 0.257 e. The second-order valence-electron chi connectivity index (χ2n) is 7.00. The van der Waals surface area contributed by atoms with Crippen LogP contribution in [0.15, 0.2) is 53.3 Å². The number of carbonyl (C=O) groups is 1. The summed E-state index contributed by atoms with van der Waals surface area (Å²) < 4.78 is 6.47. The van der Waals surface area contributed by atoms with Crippen LogP contribution >= 0.6 is 11.6 Å². The minimum absolute atomic E-state index is 0.173. The first-order chi connectivity index (χ1) is 14.9. The number of carbonyl (C=O) groups excluding carboxylic acids is 1. The van der Waals surface area contributed by atoms with Gasteiger partial charge in [-0.3, -0.25) is 14.2 Å². The van der Waals surface area contributed by atoms with Crippen molar-refractivity contribution in [2.45, 2.75) is 26.4 Å². The number of nitrogens with zero attached hydrogens (tertiary/aromatic N) is 2. The average Bonchev–Trinajstić information content (AvgIpc) is 2.78. The quantitative estimate of drug-likeness (QED) is 0.560. The maximum absolute atomic E-state index is 13.1. The predicted octanol–water partition coefficient (Wildman–Crippen LogP) is 2.73. The van der Waals surface area contributed by atoms with Gasteiger partial charge in [-0.25, -0.2) is 4.98 Å². The predicted molar refractivity (Wildman–Crippen MR) is 119 cm³/mol. The Morgan fingerprint density at radius 3 is 2.45 bits per heavy atom. The number of hydrogen-bond acceptors (Lipinski definition) is 5. The number of nitrogens with one attached hydrogen (secondary N) is 1. The van der Waals surface area contributed by atoms with Crippen molar-refractivity contribution in [1.82, 2.24) is 14.9 Å². The first-order valence-electron chi connectivity index (χ1n) is 9.79. The lowest BCUT2D eigenvalue weighted by molar-refractivity contribution is -0.121. The molecule has 7 nitrogen and oxygen atoms in total. The summed E-state index contributed by atoms with van der Waals surface area (Å²) >= 11 is 5.98. The Labute approximate surface area is 185 Å². The van der Waals surface area contributed by atoms with Crippen LogP contribution in [0.1, 0.15) is 16.8 Å². The molecule has 3 aromatic rings. The molecular weight excluding hydrogens is 418 g/mol. The fourth-order valence-corrected chi connectivity index (χ4v) is 3.34. The van der Waals surface area contributed by atoms with Crippen LogP contribution in [0, 0.1) is 6.92 Å². The van der Waals surface area contributed by atoms with Crippen LogP contribution in [-0.2, 0) is 24.3 Å². The number of amides is 1. The molecule has 0 bridgehead atoms. The highest BCUT2D eigenvalue weighted by atomic mass is 35.5. The van der Waals surface area contributed by atoms with Gasteiger partial charge < -0.3 is 15.2 Å². The first-order valence-corrected chi connectivity index (χ1v) is 10.2. The second kappa shape index (κ2) is 10.2. The van der Waals surface area contributed by atoms with Crippen molar-refractivity contribution in [1.29, 1.82) is 0 Å². The molecule has 0 atom stereocenters. The molecule has 1 heterocycles. The summed E-state index contributed by atoms with van der Waals surface area (Å²) in [6.45, 7) is 1.66. The van der Waals surface area contributed by atoms with Gasteiger partial charge in [0.05, 0.1) is 7.11 Å². The molecule has 0 unspecified atom stereocenters. The molecule has 2 aromatic carbocycles. The molecule has 3 rings (SSSR count). The summed E-state index contributed by atoms with van der Waals surface area (Å²) in [5, 5.41) is 12.7. The highest BCUT2D eigenvalue weighted by Crippen LogP contribution is 2.20. The number of methoxy groups -OCH3 is 1. The number of rotatable bonds is 8. The van der Waals surface area contributed by atoms with E-state index in [0.29, 0.717) is 34.2 Å². The van der Waals surface area contributed by atoms with Crippen LogP contribution in [-0.4, -0.2) is 34.3 Å². The largest absolute Gasteiger partial charge is 0.497 e. The van der Waals surface area contributed by atoms with Crippen molar-refractivity contribution in [3.05, 3.63) is 80.7 Å². The third kappa shape index (κ3) is 5.51. The molecular formula is C23H24ClN3O4. The third-order valence-corrected chi connectivity index (χ3v) is 5.14. The molecule has 0 aliphatic carbocycles. The van der Waals surface area contributed by atoms with Gasteiger partial charge in [-0.05, 0) is 48.9 Å². The topological polar surface area (TPSA) is 93.4 Å². The number of aliphatic hydroxyl groups is 1. The average molecular weight is 442 g/mol. The number of aromatic nitrogens is 2. The minimum Gasteiger partial charge on any atom is -0.497 e. The number of aliphatic hydroxyl groups excluding tert-OH is 1. The van der Waals surface area contributed by atoms with Gasteiger partial charge in [-0.2, -0.15) is 0 Å². The van der Waals surface area contributed by atoms with E-state index in [1.165, 1.54) is 4.57 Å². The molecule has 2 N–H and O–H groups in total. The Hall–Kier alpha value is -3.16. The summed E-state index contributed by atoms with van der Waals surface area (Å²) in [7, 11) is 1.59. The summed E-state index contributed by atoms with van der Waals surface area (Å²) in [4.78, 5) is 30.3. The standard InChI is InChI=1S/C23H24ClN3O4/c1-15-20(11-12-28)23(30)27(22(26-15)17-5-7-18(24)8-6-17)14-21(29)25-13-16-3-9-19(31-2)10-4-16/h3-10,28H,11-14H2,1-2H3,(H,25,29). The molecule has 0 fully saturated rings. The van der Waals surface area contributed by atoms with E-state index in [1.807, 2.05) is 24.3 Å². The van der Waals surface area contributed by atoms with Crippen LogP contribution in [0.5, 0.6) is 5.75 Å². The Balaban J connectivity index is 1.88. The van der Waals surface area contributed by atoms with Gasteiger partial charge in [-0.1, -0.05) is 23.7 Å². The zero-order valence-corrected chi connectivity index (χ0v) is 18.1. The summed E-state index contributed by atoms with van der Waals surface area (Å²) in [5.74, 6) is 0.783. The fraction of sp³-hybridized carbons (Fsp3) is 0.261. The van der Waals surface area contributed by atoms with Crippen molar-refractivity contribution in [2.75, 3.05) is 13.7 Å². The van der Waals surface area contributed by atoms with E-state index in [-0.39, 0.29) is 31.0 Å². The highest BCUT2D eigenvalue weighted by Gasteiger charge is 2.17. The van der Waals surface area contributed by atoms with Crippen LogP contribution in [0.2, 0.25) is 5.02 Å². The van der Waals surface area contributed by atoms with Gasteiger partial charge in [-0.15, -0.1) is 0 Å². The van der Waals surface area contributed by atoms with E-state index < -0.39 is 0 Å². The SMILES string of the molecule is COc1ccc(CNC(=O)Cn2c(-c3ccc(Cl)cc3)nc(C)c(CCO)c2=O)cc1. The van der Waals surface area contributed by atoms with E-state index in [0.717, 1.165) is 11.3 Å². The van der Waals surface area contributed by atoms with Gasteiger partial charge >= 0.3 is 0 Å². The van der Waals surface area contributed by atoms with E-state index in [2.05, 4.69) is 10.3 Å². The van der Waals surface area contributed by atoms with E-state index in [4.69, 9.17) is 16.3 Å². The van der Waals surface area contributed by atoms with E-state index >= 15 is 0 Å². The highest BCUT2D eigenvalue weighted by molar-refractivity contribution is 6.30. The number of halogens is 1. The third-order valence-electron chi connectivity index (χ3n) is 4.88. The summed E-state index contributed by atoms with van der Waals surface area (Å²) in [6, 6.07) is 14.3. The van der Waals surface area contributed by atoms with Gasteiger partial charge in [0.25, 0.3) is 5.56 Å². The van der Waals surface area contributed by atoms with Crippen LogP contribution in [0.25, 0.3) is 11.4 Å². The van der Waals surface area contributed by atoms with Gasteiger partial charge in [0.1, 0.15) is 18.1 Å². The second-order valence-corrected chi connectivity index (χ2v) is 7.43. The first kappa shape index (κ1) is 22.5. The molecule has 0 saturated heterocycles. The van der Waals surface area contributed by atoms with Crippen molar-refractivity contribution >= 4 is 17.5 Å². The monoisotopic (exact) mass is 441 g/mol. The van der Waals surface area contributed by atoms with E-state index in [9.17, 15) is 14.7 Å². The van der Waals surface area contributed by atoms with Gasteiger partial charge in [0, 0.05) is 41.4 Å². The minimum atomic E-state index is -0.342. The Morgan fingerprint density at radius 1 is 1.16 bits per heavy atom. The van der Waals surface area contributed by atoms with Crippen molar-refractivity contribution < 1.29 is 14.6 Å². The molecule has 31 heavy (non-hydrogen) atoms. The lowest BCUT2D eigenvalue weighted by atomic mass is 10.1. The molecule has 0 aliphatic heterocycles. The molecule has 0 spiro atoms. The number of aryl methyl sites for hydroxylation is 1. The maximum atomic E-state index is 13.1. The molecule has 1 amide bonds.